The Morgan fingerprint density at radius 3 is 1.89 bits per heavy atom. The van der Waals surface area contributed by atoms with Crippen molar-refractivity contribution in [1.29, 1.82) is 0 Å². The van der Waals surface area contributed by atoms with Crippen molar-refractivity contribution in [2.24, 2.45) is 5.92 Å². The largest absolute Gasteiger partial charge is 1.00 e. The summed E-state index contributed by atoms with van der Waals surface area (Å²) in [7, 11) is 0. The van der Waals surface area contributed by atoms with Gasteiger partial charge in [-0.25, -0.2) is 0 Å². The molecule has 0 saturated heterocycles. The zero-order chi connectivity index (χ0) is 6.73. The molecule has 1 atom stereocenters. The molecule has 9 heavy (non-hydrogen) atoms. The third kappa shape index (κ3) is 4.90. The minimum atomic E-state index is -1.40. The summed E-state index contributed by atoms with van der Waals surface area (Å²) in [5, 5.41) is 18.3. The molecule has 1 N–H and O–H groups in total. The van der Waals surface area contributed by atoms with Gasteiger partial charge in [0, 0.05) is 0 Å². The van der Waals surface area contributed by atoms with E-state index in [9.17, 15) is 9.90 Å². The third-order valence-electron chi connectivity index (χ3n) is 0.873. The number of hydrogen-bond donors (Lipinski definition) is 1. The molecular formula is C5H9NaO3. The number of aliphatic carboxylic acids is 1. The normalized spacial score (nSPS) is 12.4. The van der Waals surface area contributed by atoms with Gasteiger partial charge in [-0.2, -0.15) is 0 Å². The van der Waals surface area contributed by atoms with Gasteiger partial charge in [0.05, 0.1) is 12.1 Å². The zero-order valence-corrected chi connectivity index (χ0v) is 7.92. The second kappa shape index (κ2) is 5.23. The van der Waals surface area contributed by atoms with Crippen molar-refractivity contribution in [1.82, 2.24) is 0 Å². The predicted octanol–water partition coefficient (Wildman–Crippen LogP) is -4.24. The van der Waals surface area contributed by atoms with Crippen LogP contribution in [0.3, 0.4) is 0 Å². The summed E-state index contributed by atoms with van der Waals surface area (Å²) in [4.78, 5) is 9.78. The fourth-order valence-corrected chi connectivity index (χ4v) is 0.272. The fourth-order valence-electron chi connectivity index (χ4n) is 0.272. The Morgan fingerprint density at radius 1 is 1.56 bits per heavy atom. The molecule has 0 amide bonds. The van der Waals surface area contributed by atoms with E-state index >= 15 is 0 Å². The first-order valence-electron chi connectivity index (χ1n) is 2.44. The maximum absolute atomic E-state index is 9.78. The van der Waals surface area contributed by atoms with E-state index in [4.69, 9.17) is 5.11 Å². The van der Waals surface area contributed by atoms with Gasteiger partial charge in [0.15, 0.2) is 0 Å². The van der Waals surface area contributed by atoms with Crippen LogP contribution in [0, 0.1) is 5.92 Å². The monoisotopic (exact) mass is 140 g/mol. The Morgan fingerprint density at radius 2 is 1.89 bits per heavy atom. The van der Waals surface area contributed by atoms with Crippen molar-refractivity contribution in [2.75, 3.05) is 0 Å². The van der Waals surface area contributed by atoms with E-state index < -0.39 is 12.1 Å². The van der Waals surface area contributed by atoms with Crippen LogP contribution < -0.4 is 34.7 Å². The van der Waals surface area contributed by atoms with Crippen LogP contribution in [-0.4, -0.2) is 17.2 Å². The zero-order valence-electron chi connectivity index (χ0n) is 5.92. The fraction of sp³-hybridized carbons (Fsp3) is 0.800. The number of aliphatic hydroxyl groups is 1. The molecule has 0 aliphatic carbocycles. The first-order chi connectivity index (χ1) is 3.55. The quantitative estimate of drug-likeness (QED) is 0.395. The summed E-state index contributed by atoms with van der Waals surface area (Å²) >= 11 is 0. The number of carboxylic acids is 1. The van der Waals surface area contributed by atoms with E-state index in [1.807, 2.05) is 0 Å². The van der Waals surface area contributed by atoms with Gasteiger partial charge >= 0.3 is 29.6 Å². The molecule has 48 valence electrons. The molecular weight excluding hydrogens is 131 g/mol. The molecule has 0 aliphatic heterocycles. The van der Waals surface area contributed by atoms with E-state index in [2.05, 4.69) is 0 Å². The molecule has 1 unspecified atom stereocenters. The first-order valence-corrected chi connectivity index (χ1v) is 2.44. The van der Waals surface area contributed by atoms with E-state index in [1.165, 1.54) is 0 Å². The molecule has 0 aromatic heterocycles. The van der Waals surface area contributed by atoms with Crippen molar-refractivity contribution in [3.05, 3.63) is 0 Å². The molecule has 0 radical (unpaired) electrons. The second-order valence-electron chi connectivity index (χ2n) is 2.01. The van der Waals surface area contributed by atoms with Crippen molar-refractivity contribution < 1.29 is 44.6 Å². The van der Waals surface area contributed by atoms with Gasteiger partial charge < -0.3 is 15.0 Å². The van der Waals surface area contributed by atoms with Gasteiger partial charge in [-0.1, -0.05) is 13.8 Å². The summed E-state index contributed by atoms with van der Waals surface area (Å²) < 4.78 is 0. The van der Waals surface area contributed by atoms with E-state index in [1.54, 1.807) is 13.8 Å². The van der Waals surface area contributed by atoms with Crippen molar-refractivity contribution >= 4 is 5.97 Å². The molecule has 0 spiro atoms. The third-order valence-corrected chi connectivity index (χ3v) is 0.873. The van der Waals surface area contributed by atoms with E-state index in [-0.39, 0.29) is 35.5 Å². The van der Waals surface area contributed by atoms with Gasteiger partial charge in [0.2, 0.25) is 0 Å². The molecule has 3 nitrogen and oxygen atoms in total. The van der Waals surface area contributed by atoms with E-state index in [0.717, 1.165) is 0 Å². The average molecular weight is 140 g/mol. The molecule has 4 heteroatoms. The molecule has 0 fully saturated rings. The van der Waals surface area contributed by atoms with Crippen LogP contribution in [0.2, 0.25) is 0 Å². The topological polar surface area (TPSA) is 60.4 Å². The van der Waals surface area contributed by atoms with Crippen molar-refractivity contribution in [3.63, 3.8) is 0 Å². The number of carbonyl (C=O) groups is 1. The van der Waals surface area contributed by atoms with Crippen molar-refractivity contribution in [3.8, 4) is 0 Å². The molecule has 0 saturated carbocycles. The van der Waals surface area contributed by atoms with Crippen LogP contribution in [0.1, 0.15) is 13.8 Å². The predicted molar refractivity (Wildman–Crippen MR) is 25.9 cm³/mol. The van der Waals surface area contributed by atoms with E-state index in [0.29, 0.717) is 0 Å². The number of carboxylic acid groups (broad SMARTS) is 1. The second-order valence-corrected chi connectivity index (χ2v) is 2.01. The summed E-state index contributed by atoms with van der Waals surface area (Å²) in [6.45, 7) is 3.22. The van der Waals surface area contributed by atoms with Crippen LogP contribution in [0.4, 0.5) is 0 Å². The standard InChI is InChI=1S/C5H10O3.Na/c1-3(2)4(6)5(7)8;/h3-4,6H,1-2H3,(H,7,8);/q;+1/p-1. The Balaban J connectivity index is 0. The Kier molecular flexibility index (Phi) is 7.06. The van der Waals surface area contributed by atoms with Crippen LogP contribution >= 0.6 is 0 Å². The minimum absolute atomic E-state index is 0. The van der Waals surface area contributed by atoms with Crippen molar-refractivity contribution in [2.45, 2.75) is 20.0 Å². The molecule has 0 aromatic rings. The van der Waals surface area contributed by atoms with Gasteiger partial charge in [0.1, 0.15) is 0 Å². The molecule has 0 rings (SSSR count). The van der Waals surface area contributed by atoms with Crippen LogP contribution in [0.5, 0.6) is 0 Å². The number of rotatable bonds is 2. The van der Waals surface area contributed by atoms with Crippen LogP contribution in [0.25, 0.3) is 0 Å². The average Bonchev–Trinajstić information content (AvgIpc) is 1.64. The molecule has 0 aliphatic rings. The number of aliphatic hydroxyl groups excluding tert-OH is 1. The maximum Gasteiger partial charge on any atom is 1.00 e. The summed E-state index contributed by atoms with van der Waals surface area (Å²) in [6, 6.07) is 0. The molecule has 0 aromatic carbocycles. The summed E-state index contributed by atoms with van der Waals surface area (Å²) in [6.07, 6.45) is -1.32. The molecule has 0 bridgehead atoms. The van der Waals surface area contributed by atoms with Crippen LogP contribution in [0.15, 0.2) is 0 Å². The number of hydrogen-bond acceptors (Lipinski definition) is 3. The first kappa shape index (κ1) is 12.1. The van der Waals surface area contributed by atoms with Gasteiger partial charge in [-0.3, -0.25) is 0 Å². The Hall–Kier alpha value is 0.430. The van der Waals surface area contributed by atoms with Gasteiger partial charge in [-0.05, 0) is 5.92 Å². The maximum atomic E-state index is 9.78. The summed E-state index contributed by atoms with van der Waals surface area (Å²) in [5.41, 5.74) is 0. The molecule has 0 heterocycles. The smallest absolute Gasteiger partial charge is 0.547 e. The van der Waals surface area contributed by atoms with Gasteiger partial charge in [-0.15, -0.1) is 0 Å². The van der Waals surface area contributed by atoms with Gasteiger partial charge in [0.25, 0.3) is 0 Å². The minimum Gasteiger partial charge on any atom is -0.547 e. The number of carbonyl (C=O) groups excluding carboxylic acids is 1. The summed E-state index contributed by atoms with van der Waals surface area (Å²) in [5.74, 6) is -1.67. The SMILES string of the molecule is CC(C)C(O)C(=O)[O-].[Na+]. The Bertz CT molecular complexity index is 92.2. The Labute approximate surface area is 76.4 Å². The van der Waals surface area contributed by atoms with Crippen LogP contribution in [-0.2, 0) is 4.79 Å².